The molecule has 0 amide bonds. The summed E-state index contributed by atoms with van der Waals surface area (Å²) in [6.07, 6.45) is 13.9. The Labute approximate surface area is 165 Å². The Morgan fingerprint density at radius 2 is 1.93 bits per heavy atom. The van der Waals surface area contributed by atoms with Gasteiger partial charge in [-0.05, 0) is 99.2 Å². The summed E-state index contributed by atoms with van der Waals surface area (Å²) in [5, 5.41) is 0. The summed E-state index contributed by atoms with van der Waals surface area (Å²) in [6, 6.07) is 0. The second-order valence-corrected chi connectivity index (χ2v) is 10.2. The lowest BCUT2D eigenvalue weighted by molar-refractivity contribution is -0.137. The van der Waals surface area contributed by atoms with Crippen molar-refractivity contribution in [3.63, 3.8) is 0 Å². The average Bonchev–Trinajstić information content (AvgIpc) is 2.97. The summed E-state index contributed by atoms with van der Waals surface area (Å²) in [5.41, 5.74) is 2.10. The van der Waals surface area contributed by atoms with E-state index in [-0.39, 0.29) is 11.4 Å². The fourth-order valence-corrected chi connectivity index (χ4v) is 7.84. The van der Waals surface area contributed by atoms with Crippen molar-refractivity contribution in [1.29, 1.82) is 0 Å². The highest BCUT2D eigenvalue weighted by atomic mass is 16.5. The lowest BCUT2D eigenvalue weighted by atomic mass is 9.45. The Kier molecular flexibility index (Phi) is 5.20. The minimum atomic E-state index is -0.134. The molecule has 27 heavy (non-hydrogen) atoms. The third-order valence-electron chi connectivity index (χ3n) is 9.38. The van der Waals surface area contributed by atoms with E-state index in [9.17, 15) is 4.79 Å². The van der Waals surface area contributed by atoms with E-state index in [1.807, 2.05) is 20.1 Å². The molecule has 0 aromatic heterocycles. The summed E-state index contributed by atoms with van der Waals surface area (Å²) >= 11 is 0. The molecule has 3 nitrogen and oxygen atoms in total. The number of carbonyl (C=O) groups excluding carboxylic acids is 1. The van der Waals surface area contributed by atoms with Crippen molar-refractivity contribution < 1.29 is 14.3 Å². The molecule has 0 bridgehead atoms. The van der Waals surface area contributed by atoms with Gasteiger partial charge in [-0.1, -0.05) is 19.4 Å². The van der Waals surface area contributed by atoms with Crippen molar-refractivity contribution in [3.8, 4) is 0 Å². The molecule has 0 radical (unpaired) electrons. The molecule has 3 heteroatoms. The molecule has 0 heterocycles. The maximum absolute atomic E-state index is 12.1. The van der Waals surface area contributed by atoms with Crippen molar-refractivity contribution >= 4 is 5.97 Å². The van der Waals surface area contributed by atoms with E-state index in [4.69, 9.17) is 9.47 Å². The molecule has 4 fully saturated rings. The van der Waals surface area contributed by atoms with Crippen LogP contribution in [0.5, 0.6) is 0 Å². The summed E-state index contributed by atoms with van der Waals surface area (Å²) < 4.78 is 10.9. The monoisotopic (exact) mass is 374 g/mol. The Bertz CT molecular complexity index is 611. The maximum atomic E-state index is 12.1. The third-order valence-corrected chi connectivity index (χ3v) is 9.38. The van der Waals surface area contributed by atoms with Gasteiger partial charge in [0.05, 0.1) is 12.7 Å². The number of hydrogen-bond acceptors (Lipinski definition) is 3. The van der Waals surface area contributed by atoms with Crippen molar-refractivity contribution in [2.75, 3.05) is 13.7 Å². The third kappa shape index (κ3) is 3.09. The molecule has 5 unspecified atom stereocenters. The number of esters is 1. The van der Waals surface area contributed by atoms with Gasteiger partial charge in [0.15, 0.2) is 0 Å². The standard InChI is InChI=1S/C24H38O3/c1-5-27-22(25)15-17-7-9-20-19-8-6-16-14-18(26-4)10-12-23(16,2)21(19)11-13-24(17,20)3/h15-16,18-21H,5-14H2,1-4H3/b17-15-/t16?,18?,19?,20?,21?,23-,24+/m0/s1. The lowest BCUT2D eigenvalue weighted by Gasteiger charge is -2.60. The second-order valence-electron chi connectivity index (χ2n) is 10.2. The molecular weight excluding hydrogens is 336 g/mol. The first-order valence-corrected chi connectivity index (χ1v) is 11.3. The summed E-state index contributed by atoms with van der Waals surface area (Å²) in [4.78, 5) is 12.1. The van der Waals surface area contributed by atoms with Crippen molar-refractivity contribution in [3.05, 3.63) is 11.6 Å². The van der Waals surface area contributed by atoms with Crippen LogP contribution in [0.4, 0.5) is 0 Å². The zero-order valence-corrected chi connectivity index (χ0v) is 17.8. The van der Waals surface area contributed by atoms with Crippen LogP contribution in [0.2, 0.25) is 0 Å². The number of carbonyl (C=O) groups is 1. The molecular formula is C24H38O3. The zero-order chi connectivity index (χ0) is 19.2. The average molecular weight is 375 g/mol. The molecule has 4 saturated carbocycles. The van der Waals surface area contributed by atoms with Gasteiger partial charge in [0.1, 0.15) is 0 Å². The van der Waals surface area contributed by atoms with Gasteiger partial charge in [-0.3, -0.25) is 0 Å². The van der Waals surface area contributed by atoms with E-state index >= 15 is 0 Å². The van der Waals surface area contributed by atoms with E-state index in [0.717, 1.165) is 30.1 Å². The molecule has 0 saturated heterocycles. The fraction of sp³-hybridized carbons (Fsp3) is 0.875. The smallest absolute Gasteiger partial charge is 0.330 e. The summed E-state index contributed by atoms with van der Waals surface area (Å²) in [5.74, 6) is 3.18. The van der Waals surface area contributed by atoms with Crippen molar-refractivity contribution in [2.45, 2.75) is 84.7 Å². The number of fused-ring (bicyclic) bond motifs is 5. The van der Waals surface area contributed by atoms with Gasteiger partial charge in [-0.25, -0.2) is 4.79 Å². The van der Waals surface area contributed by atoms with Gasteiger partial charge in [0, 0.05) is 13.2 Å². The first-order valence-electron chi connectivity index (χ1n) is 11.3. The van der Waals surface area contributed by atoms with Crippen LogP contribution in [0, 0.1) is 34.5 Å². The van der Waals surface area contributed by atoms with E-state index in [1.54, 1.807) is 0 Å². The normalized spacial score (nSPS) is 47.9. The van der Waals surface area contributed by atoms with E-state index in [1.165, 1.54) is 56.9 Å². The van der Waals surface area contributed by atoms with Crippen molar-refractivity contribution in [2.24, 2.45) is 34.5 Å². The van der Waals surface area contributed by atoms with Gasteiger partial charge in [0.2, 0.25) is 0 Å². The summed E-state index contributed by atoms with van der Waals surface area (Å²) in [6.45, 7) is 7.41. The number of ether oxygens (including phenoxy) is 2. The van der Waals surface area contributed by atoms with Gasteiger partial charge < -0.3 is 9.47 Å². The molecule has 152 valence electrons. The van der Waals surface area contributed by atoms with Gasteiger partial charge in [0.25, 0.3) is 0 Å². The minimum Gasteiger partial charge on any atom is -0.463 e. The molecule has 0 aromatic rings. The van der Waals surface area contributed by atoms with E-state index < -0.39 is 0 Å². The van der Waals surface area contributed by atoms with Crippen LogP contribution in [-0.4, -0.2) is 25.8 Å². The number of hydrogen-bond donors (Lipinski definition) is 0. The van der Waals surface area contributed by atoms with Crippen LogP contribution >= 0.6 is 0 Å². The molecule has 0 spiro atoms. The highest BCUT2D eigenvalue weighted by Gasteiger charge is 2.59. The highest BCUT2D eigenvalue weighted by molar-refractivity contribution is 5.83. The van der Waals surface area contributed by atoms with Crippen LogP contribution in [0.3, 0.4) is 0 Å². The Morgan fingerprint density at radius 1 is 1.11 bits per heavy atom. The zero-order valence-electron chi connectivity index (χ0n) is 17.8. The molecule has 7 atom stereocenters. The van der Waals surface area contributed by atoms with Crippen LogP contribution in [0.15, 0.2) is 11.6 Å². The maximum Gasteiger partial charge on any atom is 0.330 e. The Morgan fingerprint density at radius 3 is 2.67 bits per heavy atom. The number of methoxy groups -OCH3 is 1. The molecule has 4 rings (SSSR count). The molecule has 0 aromatic carbocycles. The second kappa shape index (κ2) is 7.21. The first-order chi connectivity index (χ1) is 12.9. The molecule has 0 aliphatic heterocycles. The molecule has 4 aliphatic rings. The summed E-state index contributed by atoms with van der Waals surface area (Å²) in [7, 11) is 1.89. The van der Waals surface area contributed by atoms with Crippen LogP contribution in [0.25, 0.3) is 0 Å². The Hall–Kier alpha value is -0.830. The van der Waals surface area contributed by atoms with Gasteiger partial charge >= 0.3 is 5.97 Å². The number of allylic oxidation sites excluding steroid dienone is 1. The predicted molar refractivity (Wildman–Crippen MR) is 107 cm³/mol. The predicted octanol–water partition coefficient (Wildman–Crippen LogP) is 5.53. The largest absolute Gasteiger partial charge is 0.463 e. The molecule has 0 N–H and O–H groups in total. The number of rotatable bonds is 3. The van der Waals surface area contributed by atoms with Crippen LogP contribution in [-0.2, 0) is 14.3 Å². The van der Waals surface area contributed by atoms with Gasteiger partial charge in [-0.15, -0.1) is 0 Å². The van der Waals surface area contributed by atoms with E-state index in [2.05, 4.69) is 13.8 Å². The topological polar surface area (TPSA) is 35.5 Å². The Balaban J connectivity index is 1.55. The first kappa shape index (κ1) is 19.5. The lowest BCUT2D eigenvalue weighted by Crippen LogP contribution is -2.53. The quantitative estimate of drug-likeness (QED) is 0.481. The highest BCUT2D eigenvalue weighted by Crippen LogP contribution is 2.67. The van der Waals surface area contributed by atoms with Gasteiger partial charge in [-0.2, -0.15) is 0 Å². The molecule has 4 aliphatic carbocycles. The minimum absolute atomic E-state index is 0.134. The van der Waals surface area contributed by atoms with Crippen molar-refractivity contribution in [1.82, 2.24) is 0 Å². The fourth-order valence-electron chi connectivity index (χ4n) is 7.84. The van der Waals surface area contributed by atoms with Crippen LogP contribution in [0.1, 0.15) is 78.6 Å². The van der Waals surface area contributed by atoms with Crippen LogP contribution < -0.4 is 0 Å². The SMILES string of the molecule is CCOC(=O)/C=C1/CCC2C3CCC4CC(OC)CC[C@]4(C)C3CC[C@]12C. The van der Waals surface area contributed by atoms with E-state index in [0.29, 0.717) is 18.1 Å².